The number of β-lactam (4-membered cyclic amide) rings is 1. The van der Waals surface area contributed by atoms with Crippen LogP contribution < -0.4 is 39.8 Å². The summed E-state index contributed by atoms with van der Waals surface area (Å²) in [5.41, 5.74) is 7.87. The molecule has 3 N–H and O–H groups in total. The number of thioether (sulfide) groups is 1. The lowest BCUT2D eigenvalue weighted by atomic mass is 10.0. The van der Waals surface area contributed by atoms with Gasteiger partial charge in [-0.15, -0.1) is 11.8 Å². The standard InChI is InChI=1S/C31H36N4O6S.HI/c1-4-35(2,18-25(32)36)16-8-11-23-20-42-30-27(33-26(37)17-21-9-6-5-7-10-21)29(38)34(30)28(23)31(39)41-19-22-12-14-24(40-3)15-13-22;/h5-15,27,30H,4,16-20H2,1-3H3,(H2-,32,33,36,37);1H/b11-8+;/t27-,30-,35?;/m1./s1. The van der Waals surface area contributed by atoms with Gasteiger partial charge in [0.05, 0.1) is 33.7 Å². The Hall–Kier alpha value is -3.36. The molecule has 2 aliphatic rings. The molecular weight excluding hydrogens is 683 g/mol. The highest BCUT2D eigenvalue weighted by atomic mass is 127. The summed E-state index contributed by atoms with van der Waals surface area (Å²) in [6.45, 7) is 3.38. The molecule has 2 aromatic rings. The van der Waals surface area contributed by atoms with Crippen LogP contribution in [0.25, 0.3) is 0 Å². The van der Waals surface area contributed by atoms with Crippen molar-refractivity contribution in [2.75, 3.05) is 39.5 Å². The van der Waals surface area contributed by atoms with Crippen molar-refractivity contribution >= 4 is 35.5 Å². The summed E-state index contributed by atoms with van der Waals surface area (Å²) in [5, 5.41) is 2.42. The second-order valence-corrected chi connectivity index (χ2v) is 11.7. The molecule has 2 aromatic carbocycles. The van der Waals surface area contributed by atoms with Crippen molar-refractivity contribution in [3.05, 3.63) is 89.1 Å². The third kappa shape index (κ3) is 8.61. The molecule has 230 valence electrons. The fraction of sp³-hybridized carbons (Fsp3) is 0.355. The summed E-state index contributed by atoms with van der Waals surface area (Å²) in [4.78, 5) is 52.5. The van der Waals surface area contributed by atoms with Crippen LogP contribution in [0.1, 0.15) is 18.1 Å². The zero-order valence-electron chi connectivity index (χ0n) is 24.5. The van der Waals surface area contributed by atoms with E-state index in [1.54, 1.807) is 31.4 Å². The van der Waals surface area contributed by atoms with Gasteiger partial charge < -0.3 is 49.0 Å². The first-order valence-electron chi connectivity index (χ1n) is 13.7. The number of benzene rings is 2. The van der Waals surface area contributed by atoms with Crippen LogP contribution in [0.2, 0.25) is 0 Å². The molecule has 3 amide bonds. The Kier molecular flexibility index (Phi) is 12.2. The maximum Gasteiger partial charge on any atom is 0.355 e. The lowest BCUT2D eigenvalue weighted by Crippen LogP contribution is -3.00. The van der Waals surface area contributed by atoms with Gasteiger partial charge in [0.1, 0.15) is 29.5 Å². The fourth-order valence-electron chi connectivity index (χ4n) is 4.84. The molecule has 0 aliphatic carbocycles. The van der Waals surface area contributed by atoms with Crippen LogP contribution in [0, 0.1) is 0 Å². The zero-order chi connectivity index (χ0) is 30.3. The number of nitrogens with zero attached hydrogens (tertiary/aromatic N) is 2. The minimum Gasteiger partial charge on any atom is -1.00 e. The van der Waals surface area contributed by atoms with E-state index in [4.69, 9.17) is 15.2 Å². The van der Waals surface area contributed by atoms with Crippen molar-refractivity contribution < 1.29 is 57.1 Å². The molecule has 1 unspecified atom stereocenters. The lowest BCUT2D eigenvalue weighted by Gasteiger charge is -2.49. The highest BCUT2D eigenvalue weighted by Crippen LogP contribution is 2.41. The Labute approximate surface area is 273 Å². The van der Waals surface area contributed by atoms with Gasteiger partial charge in [-0.25, -0.2) is 4.79 Å². The summed E-state index contributed by atoms with van der Waals surface area (Å²) in [5.74, 6) is -0.509. The van der Waals surface area contributed by atoms with E-state index in [-0.39, 0.29) is 61.1 Å². The molecule has 12 heteroatoms. The number of rotatable bonds is 13. The fourth-order valence-corrected chi connectivity index (χ4v) is 6.15. The number of nitrogens with one attached hydrogen (secondary N) is 1. The van der Waals surface area contributed by atoms with Gasteiger partial charge in [-0.3, -0.25) is 19.3 Å². The molecule has 0 saturated carbocycles. The minimum absolute atomic E-state index is 0. The number of methoxy groups -OCH3 is 1. The second-order valence-electron chi connectivity index (χ2n) is 10.6. The molecule has 1 fully saturated rings. The summed E-state index contributed by atoms with van der Waals surface area (Å²) < 4.78 is 11.3. The smallest absolute Gasteiger partial charge is 0.355 e. The van der Waals surface area contributed by atoms with E-state index in [0.29, 0.717) is 34.6 Å². The summed E-state index contributed by atoms with van der Waals surface area (Å²) in [6, 6.07) is 15.7. The molecule has 2 heterocycles. The first kappa shape index (κ1) is 34.1. The first-order chi connectivity index (χ1) is 20.1. The van der Waals surface area contributed by atoms with Crippen LogP contribution >= 0.6 is 11.8 Å². The molecular formula is C31H37IN4O6S. The molecule has 0 bridgehead atoms. The summed E-state index contributed by atoms with van der Waals surface area (Å²) in [7, 11) is 3.51. The van der Waals surface area contributed by atoms with Crippen molar-refractivity contribution in [2.45, 2.75) is 31.4 Å². The molecule has 4 rings (SSSR count). The Morgan fingerprint density at radius 1 is 1.12 bits per heavy atom. The highest BCUT2D eigenvalue weighted by Gasteiger charge is 2.54. The van der Waals surface area contributed by atoms with E-state index in [1.807, 2.05) is 56.5 Å². The number of carbonyl (C=O) groups excluding carboxylic acids is 4. The molecule has 10 nitrogen and oxygen atoms in total. The quantitative estimate of drug-likeness (QED) is 0.120. The van der Waals surface area contributed by atoms with Crippen LogP contribution in [-0.4, -0.2) is 84.0 Å². The number of carbonyl (C=O) groups is 4. The van der Waals surface area contributed by atoms with Gasteiger partial charge in [-0.05, 0) is 41.8 Å². The SMILES string of the molecule is CC[N+](C)(C/C=C/C1=C(C(=O)OCc2ccc(OC)cc2)N2C(=O)[C@@H](NC(=O)Cc3ccccc3)[C@H]2SC1)CC(N)=O.[I-]. The number of hydrogen-bond donors (Lipinski definition) is 2. The lowest BCUT2D eigenvalue weighted by molar-refractivity contribution is -0.894. The normalized spacial score (nSPS) is 19.0. The Morgan fingerprint density at radius 3 is 2.44 bits per heavy atom. The number of primary amides is 1. The Morgan fingerprint density at radius 2 is 1.81 bits per heavy atom. The molecule has 3 atom stereocenters. The number of amides is 3. The number of halogens is 1. The monoisotopic (exact) mass is 720 g/mol. The molecule has 1 saturated heterocycles. The predicted molar refractivity (Wildman–Crippen MR) is 160 cm³/mol. The summed E-state index contributed by atoms with van der Waals surface area (Å²) >= 11 is 1.48. The van der Waals surface area contributed by atoms with Gasteiger partial charge >= 0.3 is 5.97 Å². The van der Waals surface area contributed by atoms with Crippen molar-refractivity contribution in [1.82, 2.24) is 10.2 Å². The largest absolute Gasteiger partial charge is 1.00 e. The molecule has 0 radical (unpaired) electrons. The molecule has 0 aromatic heterocycles. The Balaban J connectivity index is 0.00000506. The first-order valence-corrected chi connectivity index (χ1v) is 14.8. The molecule has 0 spiro atoms. The van der Waals surface area contributed by atoms with E-state index in [1.165, 1.54) is 16.7 Å². The van der Waals surface area contributed by atoms with E-state index >= 15 is 0 Å². The number of likely N-dealkylation sites (N-methyl/N-ethyl adjacent to an activating group) is 1. The van der Waals surface area contributed by atoms with E-state index < -0.39 is 23.3 Å². The van der Waals surface area contributed by atoms with Gasteiger partial charge in [0.15, 0.2) is 6.54 Å². The Bertz CT molecular complexity index is 1380. The van der Waals surface area contributed by atoms with Crippen LogP contribution in [0.4, 0.5) is 0 Å². The zero-order valence-corrected chi connectivity index (χ0v) is 27.4. The van der Waals surface area contributed by atoms with Crippen molar-refractivity contribution in [3.8, 4) is 5.75 Å². The number of allylic oxidation sites excluding steroid dienone is 1. The topological polar surface area (TPSA) is 128 Å². The van der Waals surface area contributed by atoms with E-state index in [9.17, 15) is 19.2 Å². The number of quaternary nitrogens is 1. The van der Waals surface area contributed by atoms with Gasteiger partial charge in [0.25, 0.3) is 11.8 Å². The number of hydrogen-bond acceptors (Lipinski definition) is 7. The van der Waals surface area contributed by atoms with Crippen molar-refractivity contribution in [2.24, 2.45) is 5.73 Å². The highest BCUT2D eigenvalue weighted by molar-refractivity contribution is 8.00. The number of nitrogens with two attached hydrogens (primary N) is 1. The van der Waals surface area contributed by atoms with Crippen molar-refractivity contribution in [3.63, 3.8) is 0 Å². The van der Waals surface area contributed by atoms with Crippen LogP contribution in [0.3, 0.4) is 0 Å². The van der Waals surface area contributed by atoms with Gasteiger partial charge in [-0.2, -0.15) is 0 Å². The van der Waals surface area contributed by atoms with Crippen LogP contribution in [0.5, 0.6) is 5.75 Å². The van der Waals surface area contributed by atoms with Gasteiger partial charge in [0.2, 0.25) is 5.91 Å². The average Bonchev–Trinajstić information content (AvgIpc) is 2.98. The van der Waals surface area contributed by atoms with Crippen LogP contribution in [0.15, 0.2) is 78.0 Å². The number of esters is 1. The van der Waals surface area contributed by atoms with Gasteiger partial charge in [0, 0.05) is 5.75 Å². The second kappa shape index (κ2) is 15.4. The third-order valence-corrected chi connectivity index (χ3v) is 8.71. The van der Waals surface area contributed by atoms with E-state index in [2.05, 4.69) is 5.32 Å². The number of ether oxygens (including phenoxy) is 2. The minimum atomic E-state index is -0.739. The van der Waals surface area contributed by atoms with Crippen molar-refractivity contribution in [1.29, 1.82) is 0 Å². The number of fused-ring (bicyclic) bond motifs is 1. The van der Waals surface area contributed by atoms with Crippen LogP contribution in [-0.2, 0) is 36.9 Å². The summed E-state index contributed by atoms with van der Waals surface area (Å²) in [6.07, 6.45) is 3.86. The maximum atomic E-state index is 13.5. The maximum absolute atomic E-state index is 13.5. The third-order valence-electron chi connectivity index (χ3n) is 7.41. The average molecular weight is 721 g/mol. The predicted octanol–water partition coefficient (Wildman–Crippen LogP) is -0.853. The molecule has 2 aliphatic heterocycles. The van der Waals surface area contributed by atoms with E-state index in [0.717, 1.165) is 11.1 Å². The van der Waals surface area contributed by atoms with Gasteiger partial charge in [-0.1, -0.05) is 48.5 Å². The molecule has 43 heavy (non-hydrogen) atoms.